The van der Waals surface area contributed by atoms with Crippen molar-refractivity contribution in [2.24, 2.45) is 0 Å². The van der Waals surface area contributed by atoms with Gasteiger partial charge in [-0.2, -0.15) is 4.52 Å². The minimum Gasteiger partial charge on any atom is -0.267 e. The summed E-state index contributed by atoms with van der Waals surface area (Å²) in [5.41, 5.74) is 2.49. The van der Waals surface area contributed by atoms with Crippen LogP contribution in [0.5, 0.6) is 0 Å². The van der Waals surface area contributed by atoms with Crippen LogP contribution in [0.3, 0.4) is 0 Å². The highest BCUT2D eigenvalue weighted by Crippen LogP contribution is 2.27. The first kappa shape index (κ1) is 18.0. The van der Waals surface area contributed by atoms with Gasteiger partial charge in [-0.3, -0.25) is 9.36 Å². The average molecular weight is 419 g/mol. The number of thioether (sulfide) groups is 1. The van der Waals surface area contributed by atoms with E-state index in [-0.39, 0.29) is 5.56 Å². The fraction of sp³-hybridized carbons (Fsp3) is 0.0455. The maximum Gasteiger partial charge on any atom is 0.283 e. The molecule has 2 aromatic heterocycles. The lowest BCUT2D eigenvalue weighted by Crippen LogP contribution is -2.16. The number of benzene rings is 3. The molecule has 0 radical (unpaired) electrons. The van der Waals surface area contributed by atoms with Gasteiger partial charge in [0.05, 0.1) is 16.6 Å². The quantitative estimate of drug-likeness (QED) is 0.386. The molecular formula is C22H15ClN4OS. The van der Waals surface area contributed by atoms with Gasteiger partial charge in [-0.1, -0.05) is 65.8 Å². The Hall–Kier alpha value is -3.09. The standard InChI is InChI=1S/C22H15ClN4OS/c23-16-10-12-17(13-11-16)26-21-24-19-9-5-4-8-18(19)20(28)27(21)25-22(26)29-14-15-6-2-1-3-7-15/h1-13H,14H2. The highest BCUT2D eigenvalue weighted by atomic mass is 35.5. The van der Waals surface area contributed by atoms with Gasteiger partial charge in [0.1, 0.15) is 0 Å². The molecule has 0 N–H and O–H groups in total. The molecule has 0 aliphatic heterocycles. The third kappa shape index (κ3) is 3.30. The summed E-state index contributed by atoms with van der Waals surface area (Å²) in [6.07, 6.45) is 0. The topological polar surface area (TPSA) is 52.2 Å². The zero-order valence-electron chi connectivity index (χ0n) is 15.2. The van der Waals surface area contributed by atoms with Crippen LogP contribution in [-0.2, 0) is 5.75 Å². The number of rotatable bonds is 4. The zero-order chi connectivity index (χ0) is 19.8. The van der Waals surface area contributed by atoms with Crippen molar-refractivity contribution < 1.29 is 0 Å². The molecule has 0 spiro atoms. The summed E-state index contributed by atoms with van der Waals surface area (Å²) in [5.74, 6) is 1.21. The van der Waals surface area contributed by atoms with Crippen LogP contribution in [0.25, 0.3) is 22.4 Å². The Morgan fingerprint density at radius 3 is 2.41 bits per heavy atom. The van der Waals surface area contributed by atoms with Gasteiger partial charge in [-0.25, -0.2) is 4.98 Å². The summed E-state index contributed by atoms with van der Waals surface area (Å²) >= 11 is 7.63. The van der Waals surface area contributed by atoms with Crippen molar-refractivity contribution in [2.75, 3.05) is 0 Å². The van der Waals surface area contributed by atoms with E-state index < -0.39 is 0 Å². The summed E-state index contributed by atoms with van der Waals surface area (Å²) in [7, 11) is 0. The van der Waals surface area contributed by atoms with E-state index in [0.717, 1.165) is 11.4 Å². The third-order valence-corrected chi connectivity index (χ3v) is 5.86. The van der Waals surface area contributed by atoms with Crippen LogP contribution in [0.4, 0.5) is 0 Å². The van der Waals surface area contributed by atoms with Crippen LogP contribution in [0.2, 0.25) is 5.02 Å². The molecule has 29 heavy (non-hydrogen) atoms. The molecule has 0 saturated carbocycles. The number of hydrogen-bond acceptors (Lipinski definition) is 4. The molecule has 7 heteroatoms. The van der Waals surface area contributed by atoms with Crippen molar-refractivity contribution in [1.82, 2.24) is 19.2 Å². The number of fused-ring (bicyclic) bond motifs is 2. The molecular weight excluding hydrogens is 404 g/mol. The van der Waals surface area contributed by atoms with Gasteiger partial charge in [0, 0.05) is 10.8 Å². The number of aromatic nitrogens is 4. The van der Waals surface area contributed by atoms with E-state index in [0.29, 0.717) is 26.9 Å². The predicted octanol–water partition coefficient (Wildman–Crippen LogP) is 4.98. The Kier molecular flexibility index (Phi) is 4.58. The van der Waals surface area contributed by atoms with E-state index in [4.69, 9.17) is 16.6 Å². The molecule has 0 aliphatic carbocycles. The smallest absolute Gasteiger partial charge is 0.267 e. The molecule has 0 amide bonds. The lowest BCUT2D eigenvalue weighted by Gasteiger charge is -2.08. The molecule has 3 aromatic carbocycles. The maximum absolute atomic E-state index is 13.0. The summed E-state index contributed by atoms with van der Waals surface area (Å²) in [6.45, 7) is 0. The van der Waals surface area contributed by atoms with Crippen molar-refractivity contribution in [1.29, 1.82) is 0 Å². The number of hydrogen-bond donors (Lipinski definition) is 0. The number of para-hydroxylation sites is 1. The molecule has 5 rings (SSSR count). The summed E-state index contributed by atoms with van der Waals surface area (Å²) in [5, 5.41) is 6.49. The molecule has 0 saturated heterocycles. The molecule has 0 unspecified atom stereocenters. The SMILES string of the molecule is O=c1c2ccccc2nc2n(-c3ccc(Cl)cc3)c(SCc3ccccc3)nn12. The lowest BCUT2D eigenvalue weighted by atomic mass is 10.2. The van der Waals surface area contributed by atoms with E-state index in [2.05, 4.69) is 17.2 Å². The van der Waals surface area contributed by atoms with Crippen molar-refractivity contribution in [3.8, 4) is 5.69 Å². The third-order valence-electron chi connectivity index (χ3n) is 4.61. The Bertz CT molecular complexity index is 1380. The van der Waals surface area contributed by atoms with Crippen LogP contribution in [0.1, 0.15) is 5.56 Å². The average Bonchev–Trinajstić information content (AvgIpc) is 3.12. The molecule has 5 nitrogen and oxygen atoms in total. The highest BCUT2D eigenvalue weighted by Gasteiger charge is 2.18. The predicted molar refractivity (Wildman–Crippen MR) is 117 cm³/mol. The highest BCUT2D eigenvalue weighted by molar-refractivity contribution is 7.98. The van der Waals surface area contributed by atoms with Crippen LogP contribution >= 0.6 is 23.4 Å². The van der Waals surface area contributed by atoms with Gasteiger partial charge in [-0.15, -0.1) is 5.10 Å². The second-order valence-electron chi connectivity index (χ2n) is 6.51. The fourth-order valence-corrected chi connectivity index (χ4v) is 4.26. The maximum atomic E-state index is 13.0. The first-order valence-corrected chi connectivity index (χ1v) is 10.4. The second-order valence-corrected chi connectivity index (χ2v) is 7.89. The van der Waals surface area contributed by atoms with Crippen LogP contribution in [-0.4, -0.2) is 19.2 Å². The second kappa shape index (κ2) is 7.39. The van der Waals surface area contributed by atoms with Gasteiger partial charge >= 0.3 is 0 Å². The molecule has 0 aliphatic rings. The van der Waals surface area contributed by atoms with Crippen molar-refractivity contribution in [3.05, 3.63) is 99.8 Å². The minimum atomic E-state index is -0.181. The summed E-state index contributed by atoms with van der Waals surface area (Å²) < 4.78 is 3.28. The number of halogens is 1. The first-order chi connectivity index (χ1) is 14.2. The molecule has 5 aromatic rings. The molecule has 2 heterocycles. The normalized spacial score (nSPS) is 11.3. The number of nitrogens with zero attached hydrogens (tertiary/aromatic N) is 4. The lowest BCUT2D eigenvalue weighted by molar-refractivity contribution is 0.840. The van der Waals surface area contributed by atoms with E-state index >= 15 is 0 Å². The fourth-order valence-electron chi connectivity index (χ4n) is 3.19. The Morgan fingerprint density at radius 2 is 1.62 bits per heavy atom. The molecule has 0 bridgehead atoms. The van der Waals surface area contributed by atoms with Gasteiger partial charge < -0.3 is 0 Å². The van der Waals surface area contributed by atoms with Gasteiger partial charge in [0.15, 0.2) is 5.16 Å². The zero-order valence-corrected chi connectivity index (χ0v) is 16.8. The first-order valence-electron chi connectivity index (χ1n) is 9.04. The molecule has 0 fully saturated rings. The Balaban J connectivity index is 1.72. The monoisotopic (exact) mass is 418 g/mol. The largest absolute Gasteiger partial charge is 0.283 e. The minimum absolute atomic E-state index is 0.181. The van der Waals surface area contributed by atoms with Crippen molar-refractivity contribution in [3.63, 3.8) is 0 Å². The molecule has 0 atom stereocenters. The van der Waals surface area contributed by atoms with Gasteiger partial charge in [0.25, 0.3) is 5.56 Å². The van der Waals surface area contributed by atoms with Gasteiger partial charge in [0.2, 0.25) is 5.78 Å². The Labute approximate surface area is 175 Å². The van der Waals surface area contributed by atoms with E-state index in [1.165, 1.54) is 10.1 Å². The van der Waals surface area contributed by atoms with Crippen LogP contribution in [0.15, 0.2) is 88.8 Å². The van der Waals surface area contributed by atoms with Gasteiger partial charge in [-0.05, 0) is 42.0 Å². The van der Waals surface area contributed by atoms with E-state index in [1.54, 1.807) is 17.8 Å². The summed E-state index contributed by atoms with van der Waals surface area (Å²) in [4.78, 5) is 17.8. The summed E-state index contributed by atoms with van der Waals surface area (Å²) in [6, 6.07) is 24.9. The van der Waals surface area contributed by atoms with Crippen LogP contribution < -0.4 is 5.56 Å². The van der Waals surface area contributed by atoms with E-state index in [9.17, 15) is 4.79 Å². The Morgan fingerprint density at radius 1 is 0.897 bits per heavy atom. The van der Waals surface area contributed by atoms with Crippen LogP contribution in [0, 0.1) is 0 Å². The molecule has 142 valence electrons. The van der Waals surface area contributed by atoms with Crippen molar-refractivity contribution in [2.45, 2.75) is 10.9 Å². The van der Waals surface area contributed by atoms with E-state index in [1.807, 2.05) is 65.2 Å². The van der Waals surface area contributed by atoms with Crippen molar-refractivity contribution >= 4 is 40.0 Å².